The number of amides is 1. The van der Waals surface area contributed by atoms with Gasteiger partial charge in [0.25, 0.3) is 5.69 Å². The van der Waals surface area contributed by atoms with Crippen molar-refractivity contribution in [1.82, 2.24) is 0 Å². The van der Waals surface area contributed by atoms with E-state index in [4.69, 9.17) is 93.1 Å². The number of nitrogens with zero attached hydrogens (tertiary/aromatic N) is 1. The molecule has 0 saturated carbocycles. The summed E-state index contributed by atoms with van der Waals surface area (Å²) in [5, 5.41) is 82.2. The van der Waals surface area contributed by atoms with Crippen LogP contribution in [0.2, 0.25) is 0 Å². The summed E-state index contributed by atoms with van der Waals surface area (Å²) in [5.41, 5.74) is 57.8. The molecule has 0 aliphatic heterocycles. The van der Waals surface area contributed by atoms with Crippen molar-refractivity contribution in [2.75, 3.05) is 33.2 Å². The molecule has 41 heteroatoms. The second-order valence-corrected chi connectivity index (χ2v) is 26.8. The molecular formula is C73H82I4N12O25. The van der Waals surface area contributed by atoms with Gasteiger partial charge in [-0.1, -0.05) is 94.9 Å². The summed E-state index contributed by atoms with van der Waals surface area (Å²) in [7, 11) is 0. The summed E-state index contributed by atoms with van der Waals surface area (Å²) in [6.45, 7) is 1.94. The number of alkyl halides is 1. The van der Waals surface area contributed by atoms with Crippen LogP contribution in [0.3, 0.4) is 0 Å². The zero-order valence-corrected chi connectivity index (χ0v) is 68.9. The van der Waals surface area contributed by atoms with Crippen LogP contribution in [0, 0.1) is 27.7 Å². The molecular weight excluding hydrogens is 1950 g/mol. The quantitative estimate of drug-likeness (QED) is 0.00324. The molecule has 4 unspecified atom stereocenters. The van der Waals surface area contributed by atoms with Gasteiger partial charge < -0.3 is 104 Å². The SMILES string of the molecule is CI.Cc1ccc(C(=O)CCC(=O)O)cc1.NC(CC(=O)c1ccccc1[N+](=O)[O-])C(=O)O.N[C@H](CC(=O)c1ccccc1NC=O)C(=O)O.Nc1c(I)cc(I)cc1C(=O)CC(N)C(=O)O.Nc1c(O)cccc1C(=O)CC(N)C(=O)O.Nc1ccc(I)cc1C(=O)CC(N)C(=O)O.Nc1ccccc1C(=O)C[C@@H](N)C(=O)O. The number of anilines is 5. The van der Waals surface area contributed by atoms with E-state index in [1.165, 1.54) is 48.5 Å². The fraction of sp³-hybridized carbons (Fsp3) is 0.219. The number of nitrogens with two attached hydrogens (primary N) is 10. The van der Waals surface area contributed by atoms with Gasteiger partial charge in [0.1, 0.15) is 42.0 Å². The van der Waals surface area contributed by atoms with E-state index >= 15 is 0 Å². The number of rotatable bonds is 31. The number of ketones is 7. The highest BCUT2D eigenvalue weighted by molar-refractivity contribution is 14.1. The Morgan fingerprint density at radius 1 is 0.412 bits per heavy atom. The summed E-state index contributed by atoms with van der Waals surface area (Å²) in [5.74, 6) is -11.3. The van der Waals surface area contributed by atoms with E-state index in [1.54, 1.807) is 78.9 Å². The summed E-state index contributed by atoms with van der Waals surface area (Å²) in [6.07, 6.45) is -1.48. The topological polar surface area (TPSA) is 733 Å². The van der Waals surface area contributed by atoms with Crippen LogP contribution in [0.5, 0.6) is 5.75 Å². The van der Waals surface area contributed by atoms with E-state index < -0.39 is 107 Å². The fourth-order valence-corrected chi connectivity index (χ4v) is 10.7. The van der Waals surface area contributed by atoms with Crippen molar-refractivity contribution in [1.29, 1.82) is 0 Å². The molecule has 7 rings (SSSR count). The summed E-state index contributed by atoms with van der Waals surface area (Å²) < 4.78 is 2.49. The molecule has 6 atom stereocenters. The number of aromatic hydroxyl groups is 1. The molecule has 0 fully saturated rings. The molecule has 0 saturated heterocycles. The van der Waals surface area contributed by atoms with Gasteiger partial charge in [0.05, 0.1) is 34.0 Å². The molecule has 0 radical (unpaired) electrons. The minimum Gasteiger partial charge on any atom is -0.506 e. The average molecular weight is 2040 g/mol. The van der Waals surface area contributed by atoms with E-state index in [2.05, 4.69) is 50.5 Å². The number of para-hydroxylation sites is 4. The van der Waals surface area contributed by atoms with E-state index in [0.29, 0.717) is 51.4 Å². The van der Waals surface area contributed by atoms with Crippen LogP contribution in [0.25, 0.3) is 0 Å². The van der Waals surface area contributed by atoms with Crippen molar-refractivity contribution in [3.8, 4) is 5.75 Å². The number of nitrogen functional groups attached to an aromatic ring is 4. The summed E-state index contributed by atoms with van der Waals surface area (Å²) in [6, 6.07) is 30.5. The number of nitro benzene ring substituents is 1. The van der Waals surface area contributed by atoms with Crippen molar-refractivity contribution in [3.05, 3.63) is 211 Å². The van der Waals surface area contributed by atoms with Crippen molar-refractivity contribution in [2.24, 2.45) is 34.4 Å². The minimum absolute atomic E-state index is 0.0647. The van der Waals surface area contributed by atoms with Crippen molar-refractivity contribution in [2.45, 2.75) is 94.5 Å². The first-order valence-electron chi connectivity index (χ1n) is 32.3. The lowest BCUT2D eigenvalue weighted by molar-refractivity contribution is -0.385. The molecule has 0 aromatic heterocycles. The third-order valence-corrected chi connectivity index (χ3v) is 16.7. The molecule has 0 bridgehead atoms. The predicted octanol–water partition coefficient (Wildman–Crippen LogP) is 6.45. The maximum Gasteiger partial charge on any atom is 0.320 e. The molecule has 0 aliphatic carbocycles. The molecule has 114 heavy (non-hydrogen) atoms. The number of carbonyl (C=O) groups is 15. The molecule has 7 aromatic rings. The lowest BCUT2D eigenvalue weighted by atomic mass is 10.0. The standard InChI is InChI=1S/C11H12N2O4.C11H12O3.C10H10I2N2O3.C10H11IN2O3.C10H10N2O5.C10H12N2O4.C10H12N2O3.CH3I/c12-8(11(16)17)5-10(15)7-3-1-2-4-9(7)13-6-14;1-8-2-4-9(5-3-8)10(12)6-7-11(13)14;11-4-1-5(9(14)6(12)2-4)8(15)3-7(13)10(16)17;11-5-1-2-7(12)6(3-5)9(14)4-8(13)10(15)16;11-7(10(14)15)5-9(13)6-3-1-2-4-8(6)12(16)17;11-6(10(15)16)4-8(14)5-2-1-3-7(13)9(5)12;11-7-4-2-1-3-6(7)9(13)5-8(12)10(14)15;1-2/h1-4,6,8H,5,12H2,(H,13,14)(H,16,17);2-5H,6-7H2,1H3,(H,13,14);1-2,7H,3,13-14H2,(H,16,17);1-3,8H,4,12-13H2,(H,15,16);1-4,7H,5,11H2,(H,14,15);1-3,6,13H,4,11-12H2,(H,15,16);1-4,8H,5,11-12H2,(H,14,15);1H3/t8-;;;;;;8-;/m1.....1./s1. The van der Waals surface area contributed by atoms with Gasteiger partial charge >= 0.3 is 41.8 Å². The summed E-state index contributed by atoms with van der Waals surface area (Å²) in [4.78, 5) is 177. The normalized spacial score (nSPS) is 11.5. The number of carbonyl (C=O) groups excluding carboxylic acids is 8. The van der Waals surface area contributed by atoms with Gasteiger partial charge in [-0.2, -0.15) is 0 Å². The fourth-order valence-electron chi connectivity index (χ4n) is 8.40. The lowest BCUT2D eigenvalue weighted by Gasteiger charge is -2.09. The van der Waals surface area contributed by atoms with Crippen LogP contribution in [-0.4, -0.2) is 176 Å². The molecule has 0 heterocycles. The number of carboxylic acid groups (broad SMARTS) is 7. The van der Waals surface area contributed by atoms with Crippen LogP contribution in [0.15, 0.2) is 146 Å². The largest absolute Gasteiger partial charge is 0.506 e. The zero-order chi connectivity index (χ0) is 87.6. The Morgan fingerprint density at radius 2 is 0.772 bits per heavy atom. The van der Waals surface area contributed by atoms with Gasteiger partial charge in [0, 0.05) is 106 Å². The zero-order valence-electron chi connectivity index (χ0n) is 60.3. The van der Waals surface area contributed by atoms with Crippen molar-refractivity contribution < 1.29 is 118 Å². The van der Waals surface area contributed by atoms with E-state index in [0.717, 1.165) is 16.3 Å². The smallest absolute Gasteiger partial charge is 0.320 e. The number of hydrogen-bond donors (Lipinski definition) is 19. The molecule has 29 N–H and O–H groups in total. The molecule has 0 spiro atoms. The second-order valence-electron chi connectivity index (χ2n) is 23.1. The van der Waals surface area contributed by atoms with Crippen LogP contribution in [-0.2, 0) is 38.4 Å². The second kappa shape index (κ2) is 53.1. The highest BCUT2D eigenvalue weighted by atomic mass is 127. The van der Waals surface area contributed by atoms with Gasteiger partial charge in [-0.3, -0.25) is 82.0 Å². The van der Waals surface area contributed by atoms with Gasteiger partial charge in [0.2, 0.25) is 6.41 Å². The Hall–Kier alpha value is -10.9. The average Bonchev–Trinajstić information content (AvgIpc) is 0.898. The number of aliphatic carboxylic acids is 7. The number of phenols is 1. The van der Waals surface area contributed by atoms with Crippen LogP contribution in [0.1, 0.15) is 129 Å². The van der Waals surface area contributed by atoms with E-state index in [1.807, 2.05) is 75.2 Å². The lowest BCUT2D eigenvalue weighted by Crippen LogP contribution is -2.32. The van der Waals surface area contributed by atoms with E-state index in [9.17, 15) is 87.1 Å². The highest BCUT2D eigenvalue weighted by Gasteiger charge is 2.27. The van der Waals surface area contributed by atoms with Gasteiger partial charge in [0.15, 0.2) is 40.5 Å². The van der Waals surface area contributed by atoms with Crippen LogP contribution in [0.4, 0.5) is 34.1 Å². The number of nitrogens with one attached hydrogen (secondary N) is 1. The maximum absolute atomic E-state index is 11.9. The molecule has 1 amide bonds. The Morgan fingerprint density at radius 3 is 1.20 bits per heavy atom. The van der Waals surface area contributed by atoms with Crippen molar-refractivity contribution in [3.63, 3.8) is 0 Å². The number of benzene rings is 7. The van der Waals surface area contributed by atoms with Gasteiger partial charge in [-0.25, -0.2) is 0 Å². The number of aryl methyl sites for hydroxylation is 1. The third-order valence-electron chi connectivity index (χ3n) is 14.5. The minimum atomic E-state index is -1.36. The monoisotopic (exact) mass is 2030 g/mol. The van der Waals surface area contributed by atoms with Crippen LogP contribution < -0.4 is 62.7 Å². The van der Waals surface area contributed by atoms with Crippen molar-refractivity contribution >= 4 is 213 Å². The number of hydrogen-bond acceptors (Lipinski definition) is 28. The number of carboxylic acids is 7. The number of Topliss-reactive ketones (excluding diaryl/α,β-unsaturated/α-hetero) is 7. The first-order chi connectivity index (χ1) is 53.3. The molecule has 37 nitrogen and oxygen atoms in total. The first kappa shape index (κ1) is 103. The number of nitro groups is 1. The van der Waals surface area contributed by atoms with E-state index in [-0.39, 0.29) is 102 Å². The molecule has 612 valence electrons. The third kappa shape index (κ3) is 38.1. The van der Waals surface area contributed by atoms with Crippen LogP contribution >= 0.6 is 90.4 Å². The Kier molecular flexibility index (Phi) is 48.0. The maximum atomic E-state index is 11.9. The Labute approximate surface area is 704 Å². The Bertz CT molecular complexity index is 4560. The number of halogens is 4. The predicted molar refractivity (Wildman–Crippen MR) is 452 cm³/mol. The first-order valence-corrected chi connectivity index (χ1v) is 37.7. The van der Waals surface area contributed by atoms with Gasteiger partial charge in [-0.05, 0) is 152 Å². The van der Waals surface area contributed by atoms with Gasteiger partial charge in [-0.15, -0.1) is 0 Å². The Balaban J connectivity index is 0.00000130. The molecule has 0 aliphatic rings. The number of phenolic OH excluding ortho intramolecular Hbond substituents is 1. The summed E-state index contributed by atoms with van der Waals surface area (Å²) >= 11 is 8.29. The highest BCUT2D eigenvalue weighted by Crippen LogP contribution is 2.27. The molecule has 7 aromatic carbocycles.